The van der Waals surface area contributed by atoms with Crippen LogP contribution in [0.5, 0.6) is 0 Å². The van der Waals surface area contributed by atoms with E-state index in [2.05, 4.69) is 16.4 Å². The van der Waals surface area contributed by atoms with Gasteiger partial charge in [-0.1, -0.05) is 38.1 Å². The van der Waals surface area contributed by atoms with Gasteiger partial charge in [-0.15, -0.1) is 16.9 Å². The molecule has 3 aliphatic heterocycles. The molecule has 420 valence electrons. The van der Waals surface area contributed by atoms with Gasteiger partial charge in [0.15, 0.2) is 12.6 Å². The predicted octanol–water partition coefficient (Wildman–Crippen LogP) is 4.62. The molecule has 19 nitrogen and oxygen atoms in total. The second-order valence-corrected chi connectivity index (χ2v) is 23.1. The molecule has 1 aromatic carbocycles. The molecular weight excluding hydrogens is 980 g/mol. The molecule has 5 rings (SSSR count). The van der Waals surface area contributed by atoms with Gasteiger partial charge in [-0.05, 0) is 105 Å². The number of aromatic nitrogens is 3. The van der Waals surface area contributed by atoms with Crippen LogP contribution < -0.4 is 0 Å². The average Bonchev–Trinajstić information content (AvgIpc) is 3.83. The Morgan fingerprint density at radius 2 is 1.69 bits per heavy atom. The number of carbonyl (C=O) groups excluding carboxylic acids is 1. The number of nitriles is 1. The van der Waals surface area contributed by atoms with Crippen LogP contribution in [0.2, 0.25) is 0 Å². The lowest BCUT2D eigenvalue weighted by molar-refractivity contribution is -0.318. The van der Waals surface area contributed by atoms with Gasteiger partial charge in [0.25, 0.3) is 0 Å². The minimum atomic E-state index is -1.86. The van der Waals surface area contributed by atoms with E-state index >= 15 is 0 Å². The number of aliphatic hydroxyl groups is 5. The van der Waals surface area contributed by atoms with E-state index < -0.39 is 127 Å². The molecule has 0 radical (unpaired) electrons. The van der Waals surface area contributed by atoms with E-state index in [1.54, 1.807) is 54.7 Å². The monoisotopic (exact) mass is 1070 g/mol. The molecule has 2 aromatic rings. The SMILES string of the molecule is CC[C@H]1OC(=O)[C@H](C)[C@@H](O[C@H]2C[C@@](C)(OC)[C@@H](O)[C@H](C)O2)[C@H](C)[C@@H](O[C@@H]2O[C@H](C)C[C@H](N(C)CCc3cn([C@H](CF)[C@H](OC)c4ccc(SCC#N)cc4)nn3)[C@H]2O)[C@](C)(O)C[C@@H](C)CN(C)[C@H](C)[C@@H](O)[C@]1(C)O. The summed E-state index contributed by atoms with van der Waals surface area (Å²) < 4.78 is 60.3. The molecule has 5 N–H and O–H groups in total. The normalized spacial score (nSPS) is 39.1. The number of aliphatic hydroxyl groups excluding tert-OH is 3. The first-order valence-electron chi connectivity index (χ1n) is 26.1. The van der Waals surface area contributed by atoms with Crippen LogP contribution in [-0.2, 0) is 44.4 Å². The Morgan fingerprint density at radius 3 is 2.30 bits per heavy atom. The van der Waals surface area contributed by atoms with Crippen molar-refractivity contribution in [2.45, 2.75) is 209 Å². The van der Waals surface area contributed by atoms with E-state index in [0.29, 0.717) is 37.4 Å². The Morgan fingerprint density at radius 1 is 1.01 bits per heavy atom. The number of halogens is 1. The molecule has 0 saturated carbocycles. The second-order valence-electron chi connectivity index (χ2n) is 22.0. The number of benzene rings is 1. The molecule has 4 heterocycles. The number of hydrogen-bond donors (Lipinski definition) is 5. The van der Waals surface area contributed by atoms with Crippen LogP contribution >= 0.6 is 11.8 Å². The highest BCUT2D eigenvalue weighted by atomic mass is 32.2. The van der Waals surface area contributed by atoms with Crippen molar-refractivity contribution in [3.05, 3.63) is 41.7 Å². The second kappa shape index (κ2) is 26.6. The van der Waals surface area contributed by atoms with Crippen molar-refractivity contribution < 1.29 is 67.9 Å². The van der Waals surface area contributed by atoms with Gasteiger partial charge in [0.1, 0.15) is 48.8 Å². The number of cyclic esters (lactones) is 1. The zero-order valence-corrected chi connectivity index (χ0v) is 46.9. The van der Waals surface area contributed by atoms with Gasteiger partial charge in [0, 0.05) is 69.2 Å². The van der Waals surface area contributed by atoms with E-state index in [1.165, 1.54) is 37.6 Å². The van der Waals surface area contributed by atoms with Crippen molar-refractivity contribution in [2.75, 3.05) is 53.8 Å². The Kier molecular flexibility index (Phi) is 22.3. The lowest BCUT2D eigenvalue weighted by atomic mass is 9.77. The third kappa shape index (κ3) is 14.6. The maximum Gasteiger partial charge on any atom is 0.311 e. The summed E-state index contributed by atoms with van der Waals surface area (Å²) in [5, 5.41) is 77.4. The number of alkyl halides is 1. The van der Waals surface area contributed by atoms with Crippen molar-refractivity contribution in [1.29, 1.82) is 5.26 Å². The van der Waals surface area contributed by atoms with Crippen LogP contribution in [0, 0.1) is 29.1 Å². The molecule has 3 aliphatic rings. The number of rotatable bonds is 17. The molecule has 0 aliphatic carbocycles. The van der Waals surface area contributed by atoms with E-state index in [-0.39, 0.29) is 25.2 Å². The number of thioether (sulfide) groups is 1. The largest absolute Gasteiger partial charge is 0.459 e. The lowest BCUT2D eigenvalue weighted by Crippen LogP contribution is -2.61. The Hall–Kier alpha value is -2.92. The summed E-state index contributed by atoms with van der Waals surface area (Å²) in [7, 11) is 6.71. The van der Waals surface area contributed by atoms with Gasteiger partial charge in [0.2, 0.25) is 0 Å². The number of methoxy groups -OCH3 is 2. The Bertz CT molecular complexity index is 2100. The van der Waals surface area contributed by atoms with Gasteiger partial charge in [-0.3, -0.25) is 4.79 Å². The van der Waals surface area contributed by atoms with Gasteiger partial charge in [-0.2, -0.15) is 5.26 Å². The Labute approximate surface area is 442 Å². The summed E-state index contributed by atoms with van der Waals surface area (Å²) in [6.45, 7) is 17.4. The number of hydrogen-bond acceptors (Lipinski definition) is 19. The lowest BCUT2D eigenvalue weighted by Gasteiger charge is -2.49. The van der Waals surface area contributed by atoms with Crippen LogP contribution in [0.15, 0.2) is 35.4 Å². The molecule has 0 spiro atoms. The average molecular weight is 1070 g/mol. The highest BCUT2D eigenvalue weighted by Gasteiger charge is 2.53. The molecule has 0 unspecified atom stereocenters. The summed E-state index contributed by atoms with van der Waals surface area (Å²) >= 11 is 1.41. The fourth-order valence-electron chi connectivity index (χ4n) is 11.4. The Balaban J connectivity index is 1.43. The van der Waals surface area contributed by atoms with Crippen LogP contribution in [0.25, 0.3) is 0 Å². The standard InChI is InChI=1S/C53H87FN6O13S/c1-15-41-53(10,66)46(62)34(6)59(12)28-30(2)25-51(8,65)48(32(4)44(33(5)49(64)71-41)72-42-26-52(9,68-14)47(63)35(7)70-42)73-50-43(61)39(24-31(3)69-50)58(11)22-20-37-29-60(57-56-37)40(27-54)45(67-13)36-16-18-38(19-17-36)74-23-21-55/h16-19,29-35,39-48,50,61-63,65-66H,15,20,22-28H2,1-14H3/t30-,31-,32+,33-,34-,35+,39+,40-,41-,42+,43-,44+,45-,46-,47+,48-,50+,51-,52-,53-/m1/s1. The molecule has 3 saturated heterocycles. The molecular formula is C53H87FN6O13S. The molecule has 21 heteroatoms. The summed E-state index contributed by atoms with van der Waals surface area (Å²) in [5.74, 6) is -2.58. The third-order valence-electron chi connectivity index (χ3n) is 16.0. The third-order valence-corrected chi connectivity index (χ3v) is 16.9. The summed E-state index contributed by atoms with van der Waals surface area (Å²) in [4.78, 5) is 19.3. The highest BCUT2D eigenvalue weighted by molar-refractivity contribution is 7.99. The number of carbonyl (C=O) groups is 1. The van der Waals surface area contributed by atoms with E-state index in [0.717, 1.165) is 10.5 Å². The first kappa shape index (κ1) is 61.9. The molecule has 74 heavy (non-hydrogen) atoms. The number of ether oxygens (including phenoxy) is 7. The van der Waals surface area contributed by atoms with Crippen molar-refractivity contribution in [2.24, 2.45) is 17.8 Å². The van der Waals surface area contributed by atoms with E-state index in [9.17, 15) is 34.7 Å². The van der Waals surface area contributed by atoms with Crippen LogP contribution in [0.4, 0.5) is 4.39 Å². The van der Waals surface area contributed by atoms with Crippen LogP contribution in [0.1, 0.15) is 118 Å². The highest BCUT2D eigenvalue weighted by Crippen LogP contribution is 2.41. The van der Waals surface area contributed by atoms with Gasteiger partial charge in [0.05, 0.1) is 59.1 Å². The van der Waals surface area contributed by atoms with Crippen molar-refractivity contribution in [3.63, 3.8) is 0 Å². The predicted molar refractivity (Wildman–Crippen MR) is 274 cm³/mol. The fourth-order valence-corrected chi connectivity index (χ4v) is 11.9. The fraction of sp³-hybridized carbons (Fsp3) is 0.811. The topological polar surface area (TPSA) is 244 Å². The summed E-state index contributed by atoms with van der Waals surface area (Å²) in [5.41, 5.74) is -3.25. The zero-order valence-electron chi connectivity index (χ0n) is 46.0. The molecule has 0 amide bonds. The summed E-state index contributed by atoms with van der Waals surface area (Å²) in [6.07, 6.45) is -8.08. The smallest absolute Gasteiger partial charge is 0.311 e. The van der Waals surface area contributed by atoms with Crippen LogP contribution in [-0.4, -0.2) is 200 Å². The van der Waals surface area contributed by atoms with Gasteiger partial charge in [-0.25, -0.2) is 9.07 Å². The molecule has 1 aromatic heterocycles. The van der Waals surface area contributed by atoms with Gasteiger partial charge >= 0.3 is 5.97 Å². The minimum Gasteiger partial charge on any atom is -0.459 e. The first-order chi connectivity index (χ1) is 34.8. The van der Waals surface area contributed by atoms with Crippen molar-refractivity contribution >= 4 is 17.7 Å². The van der Waals surface area contributed by atoms with E-state index in [4.69, 9.17) is 38.4 Å². The van der Waals surface area contributed by atoms with E-state index in [1.807, 2.05) is 62.0 Å². The number of likely N-dealkylation sites (N-methyl/N-ethyl adjacent to an activating group) is 2. The maximum atomic E-state index is 14.8. The molecule has 0 bridgehead atoms. The molecule has 3 fully saturated rings. The van der Waals surface area contributed by atoms with Gasteiger partial charge < -0.3 is 68.5 Å². The maximum absolute atomic E-state index is 14.8. The minimum absolute atomic E-state index is 0.0808. The quantitative estimate of drug-likeness (QED) is 0.107. The summed E-state index contributed by atoms with van der Waals surface area (Å²) in [6, 6.07) is 7.68. The van der Waals surface area contributed by atoms with Crippen molar-refractivity contribution in [1.82, 2.24) is 24.8 Å². The van der Waals surface area contributed by atoms with Crippen LogP contribution in [0.3, 0.4) is 0 Å². The number of esters is 1. The molecule has 20 atom stereocenters. The first-order valence-corrected chi connectivity index (χ1v) is 27.1. The van der Waals surface area contributed by atoms with Crippen molar-refractivity contribution in [3.8, 4) is 6.07 Å². The number of nitrogens with zero attached hydrogens (tertiary/aromatic N) is 6. The zero-order chi connectivity index (χ0) is 55.0.